The summed E-state index contributed by atoms with van der Waals surface area (Å²) in [6, 6.07) is 0. The first kappa shape index (κ1) is 19.6. The maximum atomic E-state index is 12.0. The molecule has 0 unspecified atom stereocenters. The quantitative estimate of drug-likeness (QED) is 0.456. The van der Waals surface area contributed by atoms with Gasteiger partial charge in [-0.3, -0.25) is 24.0 Å². The van der Waals surface area contributed by atoms with Crippen LogP contribution >= 0.6 is 0 Å². The number of aromatic nitrogens is 2. The molecular formula is C13H21N3O6. The molecule has 0 saturated carbocycles. The van der Waals surface area contributed by atoms with Crippen molar-refractivity contribution in [2.24, 2.45) is 7.05 Å². The van der Waals surface area contributed by atoms with Crippen LogP contribution in [0.2, 0.25) is 0 Å². The lowest BCUT2D eigenvalue weighted by atomic mass is 10.3. The van der Waals surface area contributed by atoms with Crippen LogP contribution in [0.1, 0.15) is 44.1 Å². The molecule has 9 nitrogen and oxygen atoms in total. The molecule has 0 aliphatic rings. The normalized spacial score (nSPS) is 9.68. The van der Waals surface area contributed by atoms with Crippen molar-refractivity contribution in [3.8, 4) is 0 Å². The number of unbranched alkanes of at least 4 members (excludes halogenated alkanes) is 1. The van der Waals surface area contributed by atoms with Crippen molar-refractivity contribution in [1.82, 2.24) is 9.13 Å². The van der Waals surface area contributed by atoms with Gasteiger partial charge in [-0.05, 0) is 6.42 Å². The number of nitro groups is 1. The van der Waals surface area contributed by atoms with Crippen LogP contribution in [-0.4, -0.2) is 27.1 Å². The van der Waals surface area contributed by atoms with Crippen molar-refractivity contribution in [3.05, 3.63) is 36.6 Å². The van der Waals surface area contributed by atoms with Gasteiger partial charge in [0.2, 0.25) is 5.69 Å². The Hall–Kier alpha value is -2.45. The van der Waals surface area contributed by atoms with Crippen molar-refractivity contribution in [2.45, 2.75) is 40.2 Å². The molecule has 1 rings (SSSR count). The van der Waals surface area contributed by atoms with Gasteiger partial charge in [0, 0.05) is 13.6 Å². The average molecular weight is 315 g/mol. The zero-order valence-electron chi connectivity index (χ0n) is 13.4. The molecule has 22 heavy (non-hydrogen) atoms. The number of nitrogens with zero attached hydrogens (tertiary/aromatic N) is 3. The van der Waals surface area contributed by atoms with E-state index < -0.39 is 33.5 Å². The summed E-state index contributed by atoms with van der Waals surface area (Å²) < 4.78 is 5.97. The summed E-state index contributed by atoms with van der Waals surface area (Å²) in [6.07, 6.45) is 1.24. The van der Waals surface area contributed by atoms with E-state index >= 15 is 0 Å². The van der Waals surface area contributed by atoms with Crippen LogP contribution in [0.3, 0.4) is 0 Å². The molecule has 9 heteroatoms. The molecule has 0 fully saturated rings. The van der Waals surface area contributed by atoms with E-state index in [2.05, 4.69) is 4.74 Å². The van der Waals surface area contributed by atoms with Gasteiger partial charge in [0.1, 0.15) is 0 Å². The van der Waals surface area contributed by atoms with E-state index in [0.717, 1.165) is 18.7 Å². The van der Waals surface area contributed by atoms with Crippen LogP contribution in [0.15, 0.2) is 9.59 Å². The molecule has 1 aromatic rings. The number of esters is 1. The largest absolute Gasteiger partial charge is 0.464 e. The van der Waals surface area contributed by atoms with Crippen molar-refractivity contribution < 1.29 is 14.5 Å². The Morgan fingerprint density at radius 2 is 1.86 bits per heavy atom. The highest BCUT2D eigenvalue weighted by molar-refractivity contribution is 5.91. The highest BCUT2D eigenvalue weighted by Crippen LogP contribution is 2.13. The molecule has 0 spiro atoms. The first-order chi connectivity index (χ1) is 10.4. The van der Waals surface area contributed by atoms with Gasteiger partial charge in [-0.2, -0.15) is 0 Å². The molecule has 0 radical (unpaired) electrons. The second kappa shape index (κ2) is 8.75. The SMILES string of the molecule is CC.CCCCn1c(C(=O)OC)c([N+](=O)[O-])c(=O)n(C)c1=O. The van der Waals surface area contributed by atoms with Gasteiger partial charge in [0.25, 0.3) is 0 Å². The molecule has 0 aliphatic carbocycles. The summed E-state index contributed by atoms with van der Waals surface area (Å²) >= 11 is 0. The van der Waals surface area contributed by atoms with E-state index in [9.17, 15) is 24.5 Å². The maximum Gasteiger partial charge on any atom is 0.365 e. The summed E-state index contributed by atoms with van der Waals surface area (Å²) in [4.78, 5) is 45.6. The van der Waals surface area contributed by atoms with Crippen molar-refractivity contribution >= 4 is 11.7 Å². The third-order valence-corrected chi connectivity index (χ3v) is 2.82. The van der Waals surface area contributed by atoms with Crippen LogP contribution in [0.4, 0.5) is 5.69 Å². The van der Waals surface area contributed by atoms with Crippen molar-refractivity contribution in [1.29, 1.82) is 0 Å². The van der Waals surface area contributed by atoms with Gasteiger partial charge in [-0.25, -0.2) is 9.59 Å². The molecule has 1 aromatic heterocycles. The number of carbonyl (C=O) groups excluding carboxylic acids is 1. The Bertz CT molecular complexity index is 659. The van der Waals surface area contributed by atoms with Crippen molar-refractivity contribution in [2.75, 3.05) is 7.11 Å². The molecule has 124 valence electrons. The molecule has 0 aromatic carbocycles. The predicted molar refractivity (Wildman–Crippen MR) is 80.2 cm³/mol. The second-order valence-corrected chi connectivity index (χ2v) is 4.10. The van der Waals surface area contributed by atoms with Gasteiger partial charge >= 0.3 is 22.9 Å². The van der Waals surface area contributed by atoms with Gasteiger partial charge in [0.15, 0.2) is 0 Å². The number of hydrogen-bond donors (Lipinski definition) is 0. The monoisotopic (exact) mass is 315 g/mol. The third kappa shape index (κ3) is 3.80. The van der Waals surface area contributed by atoms with Crippen LogP contribution < -0.4 is 11.2 Å². The minimum absolute atomic E-state index is 0.0920. The Labute approximate surface area is 127 Å². The van der Waals surface area contributed by atoms with Crippen molar-refractivity contribution in [3.63, 3.8) is 0 Å². The predicted octanol–water partition coefficient (Wildman–Crippen LogP) is 1.07. The number of methoxy groups -OCH3 is 1. The van der Waals surface area contributed by atoms with Crippen LogP contribution in [0.25, 0.3) is 0 Å². The van der Waals surface area contributed by atoms with E-state index in [0.29, 0.717) is 17.4 Å². The smallest absolute Gasteiger partial charge is 0.365 e. The lowest BCUT2D eigenvalue weighted by Gasteiger charge is -2.12. The Morgan fingerprint density at radius 3 is 2.27 bits per heavy atom. The zero-order valence-corrected chi connectivity index (χ0v) is 13.4. The Balaban J connectivity index is 0.00000211. The number of rotatable bonds is 5. The number of hydrogen-bond acceptors (Lipinski definition) is 6. The summed E-state index contributed by atoms with van der Waals surface area (Å²) in [5.41, 5.74) is -3.48. The first-order valence-electron chi connectivity index (χ1n) is 6.93. The van der Waals surface area contributed by atoms with Gasteiger partial charge < -0.3 is 4.74 Å². The van der Waals surface area contributed by atoms with Crippen LogP contribution in [0, 0.1) is 10.1 Å². The minimum Gasteiger partial charge on any atom is -0.464 e. The third-order valence-electron chi connectivity index (χ3n) is 2.82. The topological polar surface area (TPSA) is 113 Å². The van der Waals surface area contributed by atoms with E-state index in [-0.39, 0.29) is 6.54 Å². The fourth-order valence-corrected chi connectivity index (χ4v) is 1.74. The van der Waals surface area contributed by atoms with Gasteiger partial charge in [-0.1, -0.05) is 27.2 Å². The molecule has 0 saturated heterocycles. The highest BCUT2D eigenvalue weighted by atomic mass is 16.6. The molecule has 0 atom stereocenters. The Kier molecular flexibility index (Phi) is 7.78. The lowest BCUT2D eigenvalue weighted by Crippen LogP contribution is -2.42. The molecule has 0 N–H and O–H groups in total. The van der Waals surface area contributed by atoms with Gasteiger partial charge in [0.05, 0.1) is 12.0 Å². The minimum atomic E-state index is -1.13. The Morgan fingerprint density at radius 1 is 1.32 bits per heavy atom. The fraction of sp³-hybridized carbons (Fsp3) is 0.615. The first-order valence-corrected chi connectivity index (χ1v) is 6.93. The van der Waals surface area contributed by atoms with E-state index in [1.165, 1.54) is 0 Å². The number of carbonyl (C=O) groups is 1. The van der Waals surface area contributed by atoms with Crippen LogP contribution in [0.5, 0.6) is 0 Å². The van der Waals surface area contributed by atoms with E-state index in [1.54, 1.807) is 0 Å². The molecule has 0 amide bonds. The summed E-state index contributed by atoms with van der Waals surface area (Å²) in [5.74, 6) is -1.08. The fourth-order valence-electron chi connectivity index (χ4n) is 1.74. The zero-order chi connectivity index (χ0) is 17.4. The van der Waals surface area contributed by atoms with Gasteiger partial charge in [-0.15, -0.1) is 0 Å². The maximum absolute atomic E-state index is 12.0. The molecule has 0 bridgehead atoms. The number of ether oxygens (including phenoxy) is 1. The second-order valence-electron chi connectivity index (χ2n) is 4.10. The van der Waals surface area contributed by atoms with E-state index in [1.807, 2.05) is 20.8 Å². The summed E-state index contributed by atoms with van der Waals surface area (Å²) in [5, 5.41) is 11.0. The molecular weight excluding hydrogens is 294 g/mol. The standard InChI is InChI=1S/C11H15N3O6.C2H6/c1-4-5-6-13-8(10(16)20-3)7(14(18)19)9(15)12(2)11(13)17;1-2/h4-6H2,1-3H3;1-2H3. The lowest BCUT2D eigenvalue weighted by molar-refractivity contribution is -0.387. The van der Waals surface area contributed by atoms with E-state index in [4.69, 9.17) is 0 Å². The molecule has 0 aliphatic heterocycles. The summed E-state index contributed by atoms with van der Waals surface area (Å²) in [7, 11) is 2.15. The highest BCUT2D eigenvalue weighted by Gasteiger charge is 2.31. The molecule has 1 heterocycles. The average Bonchev–Trinajstić information content (AvgIpc) is 2.52. The van der Waals surface area contributed by atoms with Crippen LogP contribution in [-0.2, 0) is 18.3 Å². The summed E-state index contributed by atoms with van der Waals surface area (Å²) in [6.45, 7) is 5.95.